The fourth-order valence-corrected chi connectivity index (χ4v) is 3.18. The Morgan fingerprint density at radius 1 is 0.808 bits per heavy atom. The number of hydrogen-bond acceptors (Lipinski definition) is 6. The van der Waals surface area contributed by atoms with Crippen molar-refractivity contribution in [2.75, 3.05) is 41.3 Å². The van der Waals surface area contributed by atoms with Crippen molar-refractivity contribution in [2.24, 2.45) is 0 Å². The van der Waals surface area contributed by atoms with E-state index in [4.69, 9.17) is 11.6 Å². The molecule has 1 saturated heterocycles. The molecule has 0 amide bonds. The summed E-state index contributed by atoms with van der Waals surface area (Å²) in [5, 5.41) is 3.92. The summed E-state index contributed by atoms with van der Waals surface area (Å²) >= 11 is 6.21. The topological polar surface area (TPSA) is 57.2 Å². The standard InChI is InChI=1S/C19H19ClN6/c20-15-5-1-2-6-16(15)24-17-13-19(23-14-22-17)26-11-9-25(10-12-26)18-7-3-4-8-21-18/h1-8,13-14H,9-12H2,(H,22,23,24). The van der Waals surface area contributed by atoms with Crippen LogP contribution < -0.4 is 15.1 Å². The molecule has 0 saturated carbocycles. The van der Waals surface area contributed by atoms with E-state index in [1.165, 1.54) is 0 Å². The van der Waals surface area contributed by atoms with Crippen LogP contribution in [0.15, 0.2) is 61.1 Å². The number of piperazine rings is 1. The van der Waals surface area contributed by atoms with Gasteiger partial charge in [0.25, 0.3) is 0 Å². The molecule has 6 nitrogen and oxygen atoms in total. The smallest absolute Gasteiger partial charge is 0.135 e. The highest BCUT2D eigenvalue weighted by molar-refractivity contribution is 6.33. The largest absolute Gasteiger partial charge is 0.353 e. The summed E-state index contributed by atoms with van der Waals surface area (Å²) in [7, 11) is 0. The predicted octanol–water partition coefficient (Wildman–Crippen LogP) is 3.60. The summed E-state index contributed by atoms with van der Waals surface area (Å²) in [6.07, 6.45) is 3.42. The fraction of sp³-hybridized carbons (Fsp3) is 0.211. The Morgan fingerprint density at radius 2 is 1.54 bits per heavy atom. The lowest BCUT2D eigenvalue weighted by atomic mass is 10.3. The van der Waals surface area contributed by atoms with Crippen LogP contribution in [0.5, 0.6) is 0 Å². The fourth-order valence-electron chi connectivity index (χ4n) is 2.99. The molecule has 1 aromatic carbocycles. The van der Waals surface area contributed by atoms with Gasteiger partial charge in [0, 0.05) is 38.4 Å². The highest BCUT2D eigenvalue weighted by Crippen LogP contribution is 2.25. The molecule has 7 heteroatoms. The maximum absolute atomic E-state index is 6.21. The van der Waals surface area contributed by atoms with Crippen LogP contribution in [-0.2, 0) is 0 Å². The molecule has 0 atom stereocenters. The molecule has 0 radical (unpaired) electrons. The first-order valence-corrected chi connectivity index (χ1v) is 8.92. The number of benzene rings is 1. The molecule has 0 unspecified atom stereocenters. The van der Waals surface area contributed by atoms with Crippen LogP contribution in [0.1, 0.15) is 0 Å². The summed E-state index contributed by atoms with van der Waals surface area (Å²) in [6.45, 7) is 3.60. The van der Waals surface area contributed by atoms with Crippen LogP contribution in [0, 0.1) is 0 Å². The maximum Gasteiger partial charge on any atom is 0.135 e. The molecule has 1 fully saturated rings. The first-order valence-electron chi connectivity index (χ1n) is 8.54. The van der Waals surface area contributed by atoms with Gasteiger partial charge in [-0.25, -0.2) is 15.0 Å². The van der Waals surface area contributed by atoms with Gasteiger partial charge >= 0.3 is 0 Å². The summed E-state index contributed by atoms with van der Waals surface area (Å²) < 4.78 is 0. The molecule has 26 heavy (non-hydrogen) atoms. The maximum atomic E-state index is 6.21. The summed E-state index contributed by atoms with van der Waals surface area (Å²) in [5.41, 5.74) is 0.832. The van der Waals surface area contributed by atoms with E-state index in [2.05, 4.69) is 30.1 Å². The van der Waals surface area contributed by atoms with Gasteiger partial charge < -0.3 is 15.1 Å². The molecule has 3 aromatic rings. The first-order chi connectivity index (χ1) is 12.8. The quantitative estimate of drug-likeness (QED) is 0.761. The van der Waals surface area contributed by atoms with Crippen LogP contribution in [0.4, 0.5) is 23.1 Å². The molecule has 2 aromatic heterocycles. The average molecular weight is 367 g/mol. The molecular weight excluding hydrogens is 348 g/mol. The highest BCUT2D eigenvalue weighted by Gasteiger charge is 2.19. The zero-order valence-electron chi connectivity index (χ0n) is 14.2. The van der Waals surface area contributed by atoms with Crippen molar-refractivity contribution < 1.29 is 0 Å². The summed E-state index contributed by atoms with van der Waals surface area (Å²) in [4.78, 5) is 17.7. The summed E-state index contributed by atoms with van der Waals surface area (Å²) in [5.74, 6) is 2.67. The zero-order chi connectivity index (χ0) is 17.8. The molecule has 1 aliphatic rings. The average Bonchev–Trinajstić information content (AvgIpc) is 2.71. The molecule has 0 bridgehead atoms. The highest BCUT2D eigenvalue weighted by atomic mass is 35.5. The van der Waals surface area contributed by atoms with E-state index < -0.39 is 0 Å². The van der Waals surface area contributed by atoms with Crippen LogP contribution >= 0.6 is 11.6 Å². The van der Waals surface area contributed by atoms with E-state index in [0.717, 1.165) is 49.3 Å². The van der Waals surface area contributed by atoms with Gasteiger partial charge in [-0.1, -0.05) is 29.8 Å². The van der Waals surface area contributed by atoms with Crippen molar-refractivity contribution in [1.82, 2.24) is 15.0 Å². The monoisotopic (exact) mass is 366 g/mol. The van der Waals surface area contributed by atoms with Crippen molar-refractivity contribution in [1.29, 1.82) is 0 Å². The Morgan fingerprint density at radius 3 is 2.27 bits per heavy atom. The Bertz CT molecular complexity index is 865. The molecule has 3 heterocycles. The molecule has 0 aliphatic carbocycles. The van der Waals surface area contributed by atoms with E-state index in [1.54, 1.807) is 6.33 Å². The normalized spacial score (nSPS) is 14.3. The number of pyridine rings is 1. The Kier molecular flexibility index (Phi) is 4.84. The second-order valence-electron chi connectivity index (χ2n) is 6.03. The lowest BCUT2D eigenvalue weighted by Crippen LogP contribution is -2.47. The minimum atomic E-state index is 0.664. The van der Waals surface area contributed by atoms with E-state index in [0.29, 0.717) is 5.02 Å². The first kappa shape index (κ1) is 16.6. The third-order valence-corrected chi connectivity index (χ3v) is 4.70. The van der Waals surface area contributed by atoms with Crippen LogP contribution in [0.2, 0.25) is 5.02 Å². The Labute approximate surface area is 157 Å². The molecule has 132 valence electrons. The molecule has 1 aliphatic heterocycles. The Balaban J connectivity index is 1.44. The van der Waals surface area contributed by atoms with Crippen LogP contribution in [0.3, 0.4) is 0 Å². The van der Waals surface area contributed by atoms with Crippen molar-refractivity contribution in [3.8, 4) is 0 Å². The third-order valence-electron chi connectivity index (χ3n) is 4.37. The number of nitrogens with zero attached hydrogens (tertiary/aromatic N) is 5. The number of hydrogen-bond donors (Lipinski definition) is 1. The van der Waals surface area contributed by atoms with Gasteiger partial charge in [-0.15, -0.1) is 0 Å². The molecule has 0 spiro atoms. The number of aromatic nitrogens is 3. The number of para-hydroxylation sites is 1. The van der Waals surface area contributed by atoms with Gasteiger partial charge in [0.15, 0.2) is 0 Å². The van der Waals surface area contributed by atoms with Crippen LogP contribution in [0.25, 0.3) is 0 Å². The molecular formula is C19H19ClN6. The zero-order valence-corrected chi connectivity index (χ0v) is 15.0. The minimum absolute atomic E-state index is 0.664. The Hall–Kier alpha value is -2.86. The van der Waals surface area contributed by atoms with Gasteiger partial charge in [0.1, 0.15) is 23.8 Å². The van der Waals surface area contributed by atoms with Gasteiger partial charge in [-0.2, -0.15) is 0 Å². The van der Waals surface area contributed by atoms with Gasteiger partial charge in [0.2, 0.25) is 0 Å². The van der Waals surface area contributed by atoms with E-state index >= 15 is 0 Å². The van der Waals surface area contributed by atoms with Gasteiger partial charge in [0.05, 0.1) is 10.7 Å². The van der Waals surface area contributed by atoms with Gasteiger partial charge in [-0.05, 0) is 24.3 Å². The third kappa shape index (κ3) is 3.70. The van der Waals surface area contributed by atoms with Gasteiger partial charge in [-0.3, -0.25) is 0 Å². The summed E-state index contributed by atoms with van der Waals surface area (Å²) in [6, 6.07) is 15.6. The van der Waals surface area contributed by atoms with E-state index in [-0.39, 0.29) is 0 Å². The van der Waals surface area contributed by atoms with Crippen molar-refractivity contribution in [2.45, 2.75) is 0 Å². The predicted molar refractivity (Wildman–Crippen MR) is 105 cm³/mol. The lowest BCUT2D eigenvalue weighted by Gasteiger charge is -2.36. The lowest BCUT2D eigenvalue weighted by molar-refractivity contribution is 0.641. The number of nitrogens with one attached hydrogen (secondary N) is 1. The number of rotatable bonds is 4. The van der Waals surface area contributed by atoms with Crippen molar-refractivity contribution in [3.05, 3.63) is 66.1 Å². The minimum Gasteiger partial charge on any atom is -0.353 e. The second-order valence-corrected chi connectivity index (χ2v) is 6.44. The van der Waals surface area contributed by atoms with E-state index in [9.17, 15) is 0 Å². The molecule has 4 rings (SSSR count). The van der Waals surface area contributed by atoms with Crippen molar-refractivity contribution in [3.63, 3.8) is 0 Å². The number of anilines is 4. The van der Waals surface area contributed by atoms with E-state index in [1.807, 2.05) is 54.7 Å². The van der Waals surface area contributed by atoms with Crippen LogP contribution in [-0.4, -0.2) is 41.1 Å². The SMILES string of the molecule is Clc1ccccc1Nc1cc(N2CCN(c3ccccn3)CC2)ncn1. The second kappa shape index (κ2) is 7.58. The number of halogens is 1. The molecule has 1 N–H and O–H groups in total. The van der Waals surface area contributed by atoms with Crippen molar-refractivity contribution >= 4 is 34.7 Å².